The molecule has 2 fully saturated rings. The zero-order chi connectivity index (χ0) is 18.4. The van der Waals surface area contributed by atoms with E-state index in [1.807, 2.05) is 76.1 Å². The Kier molecular flexibility index (Phi) is 9.02. The van der Waals surface area contributed by atoms with Crippen LogP contribution in [0.2, 0.25) is 5.15 Å². The Balaban J connectivity index is 0.000000379. The van der Waals surface area contributed by atoms with Gasteiger partial charge in [-0.2, -0.15) is 0 Å². The predicted molar refractivity (Wildman–Crippen MR) is 107 cm³/mol. The van der Waals surface area contributed by atoms with Crippen molar-refractivity contribution in [1.29, 1.82) is 0 Å². The summed E-state index contributed by atoms with van der Waals surface area (Å²) in [7, 11) is 0. The van der Waals surface area contributed by atoms with Crippen molar-refractivity contribution in [2.75, 3.05) is 0 Å². The Labute approximate surface area is 178 Å². The first-order valence-electron chi connectivity index (χ1n) is 8.31. The molecule has 2 aromatic rings. The molecular formula is C23H18ClFeNO+2. The van der Waals surface area contributed by atoms with Crippen LogP contribution in [0, 0.1) is 70.6 Å². The Morgan fingerprint density at radius 2 is 1.59 bits per heavy atom. The molecule has 2 aliphatic carbocycles. The number of ketones is 1. The van der Waals surface area contributed by atoms with Crippen molar-refractivity contribution in [3.05, 3.63) is 110 Å². The van der Waals surface area contributed by atoms with Gasteiger partial charge in [0.1, 0.15) is 5.15 Å². The fraction of sp³-hybridized carbons (Fsp3) is 0.0435. The van der Waals surface area contributed by atoms with Gasteiger partial charge in [0.2, 0.25) is 0 Å². The molecule has 4 heteroatoms. The third-order valence-corrected chi connectivity index (χ3v) is 4.17. The zero-order valence-corrected chi connectivity index (χ0v) is 16.6. The van der Waals surface area contributed by atoms with Gasteiger partial charge >= 0.3 is 17.1 Å². The number of carbonyl (C=O) groups excluding carboxylic acids is 1. The van der Waals surface area contributed by atoms with Crippen molar-refractivity contribution in [1.82, 2.24) is 4.98 Å². The summed E-state index contributed by atoms with van der Waals surface area (Å²) in [6.45, 7) is 2.02. The molecule has 2 aliphatic rings. The molecule has 1 aromatic carbocycles. The first kappa shape index (κ1) is 22.1. The third kappa shape index (κ3) is 6.45. The molecule has 0 atom stereocenters. The molecule has 2 nitrogen and oxygen atoms in total. The van der Waals surface area contributed by atoms with Gasteiger partial charge in [0, 0.05) is 10.9 Å². The van der Waals surface area contributed by atoms with E-state index in [-0.39, 0.29) is 22.9 Å². The topological polar surface area (TPSA) is 30.0 Å². The van der Waals surface area contributed by atoms with Crippen LogP contribution in [-0.4, -0.2) is 10.8 Å². The quantitative estimate of drug-likeness (QED) is 0.392. The SMILES string of the molecule is Cc1ccc2cc(/C=C/C(=O)[C]3[CH][CH][CH][CH]3)c(Cl)nc2c1.[CH]1[CH][CH][CH][CH]1.[Fe+2]. The smallest absolute Gasteiger partial charge is 0.294 e. The number of pyridine rings is 1. The molecule has 2 saturated carbocycles. The zero-order valence-electron chi connectivity index (χ0n) is 14.7. The fourth-order valence-electron chi connectivity index (χ4n) is 2.51. The van der Waals surface area contributed by atoms with Gasteiger partial charge in [-0.05, 0) is 94.6 Å². The van der Waals surface area contributed by atoms with Crippen molar-refractivity contribution in [2.45, 2.75) is 6.92 Å². The minimum Gasteiger partial charge on any atom is -0.294 e. The van der Waals surface area contributed by atoms with E-state index in [2.05, 4.69) is 4.98 Å². The van der Waals surface area contributed by atoms with Crippen molar-refractivity contribution in [2.24, 2.45) is 0 Å². The van der Waals surface area contributed by atoms with E-state index in [0.717, 1.165) is 22.0 Å². The van der Waals surface area contributed by atoms with Crippen molar-refractivity contribution in [3.8, 4) is 0 Å². The summed E-state index contributed by atoms with van der Waals surface area (Å²) in [5.74, 6) is 0.631. The molecule has 0 aliphatic heterocycles. The van der Waals surface area contributed by atoms with Gasteiger partial charge in [0.25, 0.3) is 0 Å². The summed E-state index contributed by atoms with van der Waals surface area (Å²) >= 11 is 6.19. The Morgan fingerprint density at radius 3 is 2.22 bits per heavy atom. The number of rotatable bonds is 3. The standard InChI is InChI=1S/C18H13ClNO.C5H5.Fe/c1-12-6-7-14-11-15(18(19)20-16(14)10-12)8-9-17(21)13-4-2-3-5-13;1-2-4-5-3-1;/h2-11H,1H3;1-5H;/q;;+2/b9-8+;;. The Hall–Kier alpha value is -1.15. The van der Waals surface area contributed by atoms with E-state index in [4.69, 9.17) is 11.6 Å². The van der Waals surface area contributed by atoms with E-state index < -0.39 is 0 Å². The Bertz CT molecular complexity index is 785. The molecule has 0 unspecified atom stereocenters. The van der Waals surface area contributed by atoms with Gasteiger partial charge in [-0.1, -0.05) is 23.7 Å². The number of allylic oxidation sites excluding steroid dienone is 1. The molecule has 0 N–H and O–H groups in total. The van der Waals surface area contributed by atoms with E-state index in [9.17, 15) is 4.79 Å². The summed E-state index contributed by atoms with van der Waals surface area (Å²) in [4.78, 5) is 16.3. The first-order valence-corrected chi connectivity index (χ1v) is 8.69. The monoisotopic (exact) mass is 415 g/mol. The number of hydrogen-bond donors (Lipinski definition) is 0. The minimum absolute atomic E-state index is 0. The van der Waals surface area contributed by atoms with Crippen LogP contribution in [0.5, 0.6) is 0 Å². The van der Waals surface area contributed by atoms with Crippen LogP contribution >= 0.6 is 11.6 Å². The summed E-state index contributed by atoms with van der Waals surface area (Å²) in [5.41, 5.74) is 2.74. The average Bonchev–Trinajstić information content (AvgIpc) is 3.35. The van der Waals surface area contributed by atoms with Crippen LogP contribution in [0.4, 0.5) is 0 Å². The number of halogens is 1. The molecule has 4 rings (SSSR count). The van der Waals surface area contributed by atoms with Crippen LogP contribution in [-0.2, 0) is 21.9 Å². The molecule has 0 amide bonds. The number of aromatic nitrogens is 1. The molecule has 0 spiro atoms. The first-order chi connectivity index (χ1) is 12.6. The molecule has 0 saturated heterocycles. The molecular weight excluding hydrogens is 398 g/mol. The maximum absolute atomic E-state index is 11.9. The Morgan fingerprint density at radius 1 is 0.963 bits per heavy atom. The number of benzene rings is 1. The fourth-order valence-corrected chi connectivity index (χ4v) is 2.72. The molecule has 1 aromatic heterocycles. The normalized spacial score (nSPS) is 17.0. The third-order valence-electron chi connectivity index (χ3n) is 3.87. The maximum atomic E-state index is 11.9. The van der Waals surface area contributed by atoms with Crippen molar-refractivity contribution in [3.63, 3.8) is 0 Å². The van der Waals surface area contributed by atoms with Crippen molar-refractivity contribution < 1.29 is 21.9 Å². The minimum atomic E-state index is -0.0416. The van der Waals surface area contributed by atoms with Crippen LogP contribution in [0.25, 0.3) is 17.0 Å². The summed E-state index contributed by atoms with van der Waals surface area (Å²) in [6, 6.07) is 7.97. The molecule has 10 radical (unpaired) electrons. The van der Waals surface area contributed by atoms with Crippen LogP contribution in [0.1, 0.15) is 11.1 Å². The van der Waals surface area contributed by atoms with Gasteiger partial charge in [-0.25, -0.2) is 4.98 Å². The van der Waals surface area contributed by atoms with Crippen LogP contribution in [0.15, 0.2) is 30.3 Å². The van der Waals surface area contributed by atoms with Crippen LogP contribution < -0.4 is 0 Å². The summed E-state index contributed by atoms with van der Waals surface area (Å²) in [6.07, 6.45) is 20.5. The number of carbonyl (C=O) groups is 1. The van der Waals surface area contributed by atoms with E-state index >= 15 is 0 Å². The van der Waals surface area contributed by atoms with E-state index in [1.165, 1.54) is 6.08 Å². The van der Waals surface area contributed by atoms with Crippen LogP contribution in [0.3, 0.4) is 0 Å². The van der Waals surface area contributed by atoms with Gasteiger partial charge < -0.3 is 0 Å². The second-order valence-electron chi connectivity index (χ2n) is 5.90. The largest absolute Gasteiger partial charge is 2.00 e. The number of aryl methyl sites for hydroxylation is 1. The molecule has 0 bridgehead atoms. The second kappa shape index (κ2) is 11.0. The molecule has 27 heavy (non-hydrogen) atoms. The summed E-state index contributed by atoms with van der Waals surface area (Å²) < 4.78 is 0. The predicted octanol–water partition coefficient (Wildman–Crippen LogP) is 5.20. The van der Waals surface area contributed by atoms with Crippen molar-refractivity contribution >= 4 is 34.4 Å². The summed E-state index contributed by atoms with van der Waals surface area (Å²) in [5, 5.41) is 1.41. The van der Waals surface area contributed by atoms with Gasteiger partial charge in [-0.15, -0.1) is 0 Å². The number of hydrogen-bond acceptors (Lipinski definition) is 2. The molecule has 134 valence electrons. The number of nitrogens with zero attached hydrogens (tertiary/aromatic N) is 1. The van der Waals surface area contributed by atoms with E-state index in [1.54, 1.807) is 18.9 Å². The second-order valence-corrected chi connectivity index (χ2v) is 6.26. The molecule has 1 heterocycles. The van der Waals surface area contributed by atoms with Gasteiger partial charge in [-0.3, -0.25) is 4.79 Å². The van der Waals surface area contributed by atoms with E-state index in [0.29, 0.717) is 11.1 Å². The van der Waals surface area contributed by atoms with Gasteiger partial charge in [0.15, 0.2) is 5.78 Å². The maximum Gasteiger partial charge on any atom is 2.00 e. The number of fused-ring (bicyclic) bond motifs is 1. The van der Waals surface area contributed by atoms with Gasteiger partial charge in [0.05, 0.1) is 11.4 Å². The average molecular weight is 416 g/mol.